The fourth-order valence-electron chi connectivity index (χ4n) is 4.39. The molecule has 0 radical (unpaired) electrons. The first kappa shape index (κ1) is 20.3. The van der Waals surface area contributed by atoms with E-state index in [1.54, 1.807) is 17.4 Å². The molecule has 1 aromatic heterocycles. The Bertz CT molecular complexity index is 1230. The van der Waals surface area contributed by atoms with E-state index in [1.165, 1.54) is 15.6 Å². The van der Waals surface area contributed by atoms with Crippen molar-refractivity contribution in [3.8, 4) is 5.75 Å². The SMILES string of the molecule is COc1cccc2c1N(C1CCN(S(=O)(=O)c3csc4ccccc34)CC1)C(=O)OC2. The number of piperidine rings is 1. The lowest BCUT2D eigenvalue weighted by Crippen LogP contribution is -2.50. The van der Waals surface area contributed by atoms with Crippen LogP contribution >= 0.6 is 11.3 Å². The number of anilines is 1. The number of rotatable bonds is 4. The lowest BCUT2D eigenvalue weighted by atomic mass is 10.0. The number of para-hydroxylation sites is 1. The van der Waals surface area contributed by atoms with Crippen LogP contribution in [0.2, 0.25) is 0 Å². The van der Waals surface area contributed by atoms with Crippen LogP contribution in [0.5, 0.6) is 5.75 Å². The van der Waals surface area contributed by atoms with E-state index in [2.05, 4.69) is 0 Å². The number of carbonyl (C=O) groups is 1. The largest absolute Gasteiger partial charge is 0.495 e. The molecule has 1 fully saturated rings. The van der Waals surface area contributed by atoms with Crippen LogP contribution in [0.25, 0.3) is 10.1 Å². The number of sulfonamides is 1. The first-order valence-corrected chi connectivity index (χ1v) is 12.4. The molecule has 162 valence electrons. The van der Waals surface area contributed by atoms with Crippen molar-refractivity contribution >= 4 is 43.2 Å². The molecule has 0 unspecified atom stereocenters. The maximum Gasteiger partial charge on any atom is 0.415 e. The van der Waals surface area contributed by atoms with Crippen molar-refractivity contribution in [2.45, 2.75) is 30.4 Å². The standard InChI is InChI=1S/C22H22N2O5S2/c1-28-18-7-4-5-15-13-29-22(25)24(21(15)18)16-9-11-23(12-10-16)31(26,27)20-14-30-19-8-3-2-6-17(19)20/h2-8,14,16H,9-13H2,1H3. The Morgan fingerprint density at radius 1 is 1.10 bits per heavy atom. The number of benzene rings is 2. The summed E-state index contributed by atoms with van der Waals surface area (Å²) in [5, 5.41) is 2.47. The van der Waals surface area contributed by atoms with Crippen molar-refractivity contribution in [2.24, 2.45) is 0 Å². The Kier molecular flexibility index (Phi) is 5.11. The van der Waals surface area contributed by atoms with Crippen LogP contribution in [0.4, 0.5) is 10.5 Å². The van der Waals surface area contributed by atoms with E-state index in [0.717, 1.165) is 21.3 Å². The van der Waals surface area contributed by atoms with E-state index in [-0.39, 0.29) is 12.6 Å². The summed E-state index contributed by atoms with van der Waals surface area (Å²) in [6, 6.07) is 13.0. The van der Waals surface area contributed by atoms with Gasteiger partial charge in [-0.2, -0.15) is 4.31 Å². The fourth-order valence-corrected chi connectivity index (χ4v) is 7.33. The Labute approximate surface area is 184 Å². The van der Waals surface area contributed by atoms with Gasteiger partial charge in [-0.15, -0.1) is 11.3 Å². The van der Waals surface area contributed by atoms with Crippen molar-refractivity contribution in [1.29, 1.82) is 0 Å². The molecule has 1 amide bonds. The van der Waals surface area contributed by atoms with E-state index >= 15 is 0 Å². The van der Waals surface area contributed by atoms with Crippen LogP contribution in [-0.2, 0) is 21.4 Å². The Balaban J connectivity index is 1.40. The fraction of sp³-hybridized carbons (Fsp3) is 0.318. The van der Waals surface area contributed by atoms with Gasteiger partial charge in [-0.25, -0.2) is 13.2 Å². The first-order chi connectivity index (χ1) is 15.0. The molecule has 0 spiro atoms. The number of methoxy groups -OCH3 is 1. The molecule has 5 rings (SSSR count). The van der Waals surface area contributed by atoms with E-state index in [4.69, 9.17) is 9.47 Å². The van der Waals surface area contributed by atoms with E-state index < -0.39 is 16.1 Å². The summed E-state index contributed by atoms with van der Waals surface area (Å²) in [7, 11) is -2.02. The summed E-state index contributed by atoms with van der Waals surface area (Å²) in [4.78, 5) is 14.7. The summed E-state index contributed by atoms with van der Waals surface area (Å²) in [5.41, 5.74) is 1.62. The number of carbonyl (C=O) groups excluding carboxylic acids is 1. The number of nitrogens with zero attached hydrogens (tertiary/aromatic N) is 2. The molecule has 0 aliphatic carbocycles. The zero-order chi connectivity index (χ0) is 21.6. The average Bonchev–Trinajstić information content (AvgIpc) is 3.24. The van der Waals surface area contributed by atoms with E-state index in [1.807, 2.05) is 42.5 Å². The molecule has 31 heavy (non-hydrogen) atoms. The molecule has 2 aromatic carbocycles. The lowest BCUT2D eigenvalue weighted by Gasteiger charge is -2.40. The van der Waals surface area contributed by atoms with Gasteiger partial charge in [0.1, 0.15) is 17.3 Å². The summed E-state index contributed by atoms with van der Waals surface area (Å²) < 4.78 is 40.0. The van der Waals surface area contributed by atoms with Gasteiger partial charge in [-0.05, 0) is 25.0 Å². The molecular weight excluding hydrogens is 436 g/mol. The van der Waals surface area contributed by atoms with Crippen molar-refractivity contribution in [3.63, 3.8) is 0 Å². The minimum absolute atomic E-state index is 0.159. The minimum Gasteiger partial charge on any atom is -0.495 e. The Morgan fingerprint density at radius 3 is 2.65 bits per heavy atom. The summed E-state index contributed by atoms with van der Waals surface area (Å²) >= 11 is 1.44. The molecule has 0 saturated carbocycles. The lowest BCUT2D eigenvalue weighted by molar-refractivity contribution is 0.135. The molecule has 7 nitrogen and oxygen atoms in total. The van der Waals surface area contributed by atoms with Crippen LogP contribution in [-0.4, -0.2) is 45.1 Å². The highest BCUT2D eigenvalue weighted by Gasteiger charge is 2.39. The molecule has 3 aromatic rings. The number of fused-ring (bicyclic) bond motifs is 2. The second kappa shape index (κ2) is 7.81. The summed E-state index contributed by atoms with van der Waals surface area (Å²) in [6.45, 7) is 0.886. The molecule has 1 saturated heterocycles. The van der Waals surface area contributed by atoms with Gasteiger partial charge in [-0.3, -0.25) is 4.90 Å². The van der Waals surface area contributed by atoms with Crippen molar-refractivity contribution in [2.75, 3.05) is 25.1 Å². The molecular formula is C22H22N2O5S2. The average molecular weight is 459 g/mol. The molecule has 2 aliphatic rings. The number of cyclic esters (lactones) is 1. The highest BCUT2D eigenvalue weighted by Crippen LogP contribution is 2.40. The van der Waals surface area contributed by atoms with Crippen LogP contribution in [0.3, 0.4) is 0 Å². The minimum atomic E-state index is -3.60. The van der Waals surface area contributed by atoms with Gasteiger partial charge in [0, 0.05) is 40.2 Å². The number of thiophene rings is 1. The molecule has 0 atom stereocenters. The van der Waals surface area contributed by atoms with Gasteiger partial charge in [0.2, 0.25) is 10.0 Å². The predicted molar refractivity (Wildman–Crippen MR) is 119 cm³/mol. The molecule has 3 heterocycles. The summed E-state index contributed by atoms with van der Waals surface area (Å²) in [6.07, 6.45) is 0.629. The predicted octanol–water partition coefficient (Wildman–Crippen LogP) is 4.22. The van der Waals surface area contributed by atoms with Crippen LogP contribution in [0, 0.1) is 0 Å². The Hall–Kier alpha value is -2.62. The van der Waals surface area contributed by atoms with Crippen LogP contribution in [0.1, 0.15) is 18.4 Å². The van der Waals surface area contributed by atoms with Crippen molar-refractivity contribution in [1.82, 2.24) is 4.31 Å². The number of ether oxygens (including phenoxy) is 2. The van der Waals surface area contributed by atoms with Gasteiger partial charge in [0.05, 0.1) is 12.8 Å². The third-order valence-electron chi connectivity index (χ3n) is 5.94. The topological polar surface area (TPSA) is 76.2 Å². The van der Waals surface area contributed by atoms with Gasteiger partial charge in [0.15, 0.2) is 0 Å². The van der Waals surface area contributed by atoms with Gasteiger partial charge in [-0.1, -0.05) is 30.3 Å². The summed E-state index contributed by atoms with van der Waals surface area (Å²) in [5.74, 6) is 0.619. The maximum absolute atomic E-state index is 13.3. The quantitative estimate of drug-likeness (QED) is 0.585. The van der Waals surface area contributed by atoms with Crippen LogP contribution < -0.4 is 9.64 Å². The monoisotopic (exact) mass is 458 g/mol. The van der Waals surface area contributed by atoms with Gasteiger partial charge < -0.3 is 9.47 Å². The second-order valence-electron chi connectivity index (χ2n) is 7.62. The smallest absolute Gasteiger partial charge is 0.415 e. The normalized spacial score (nSPS) is 18.1. The molecule has 0 bridgehead atoms. The molecule has 0 N–H and O–H groups in total. The van der Waals surface area contributed by atoms with Crippen LogP contribution in [0.15, 0.2) is 52.7 Å². The van der Waals surface area contributed by atoms with Crippen molar-refractivity contribution < 1.29 is 22.7 Å². The zero-order valence-corrected chi connectivity index (χ0v) is 18.6. The van der Waals surface area contributed by atoms with Crippen molar-refractivity contribution in [3.05, 3.63) is 53.4 Å². The van der Waals surface area contributed by atoms with E-state index in [0.29, 0.717) is 36.6 Å². The third-order valence-corrected chi connectivity index (χ3v) is 8.99. The second-order valence-corrected chi connectivity index (χ2v) is 10.4. The third kappa shape index (κ3) is 3.37. The Morgan fingerprint density at radius 2 is 1.87 bits per heavy atom. The van der Waals surface area contributed by atoms with Gasteiger partial charge in [0.25, 0.3) is 0 Å². The zero-order valence-electron chi connectivity index (χ0n) is 17.0. The van der Waals surface area contributed by atoms with Gasteiger partial charge >= 0.3 is 6.09 Å². The number of hydrogen-bond donors (Lipinski definition) is 0. The highest BCUT2D eigenvalue weighted by atomic mass is 32.2. The molecule has 9 heteroatoms. The first-order valence-electron chi connectivity index (χ1n) is 10.1. The van der Waals surface area contributed by atoms with E-state index in [9.17, 15) is 13.2 Å². The number of amides is 1. The highest BCUT2D eigenvalue weighted by molar-refractivity contribution is 7.89. The maximum atomic E-state index is 13.3. The number of hydrogen-bond acceptors (Lipinski definition) is 6. The molecule has 2 aliphatic heterocycles.